The molecule has 5 heterocycles. The van der Waals surface area contributed by atoms with Gasteiger partial charge in [0.05, 0.1) is 17.8 Å². The van der Waals surface area contributed by atoms with Crippen LogP contribution in [0, 0.1) is 30.9 Å². The maximum Gasteiger partial charge on any atom is 0.198 e. The monoisotopic (exact) mass is 1240 g/mol. The highest BCUT2D eigenvalue weighted by Gasteiger charge is 2.52. The number of benzene rings is 5. The van der Waals surface area contributed by atoms with E-state index in [0.717, 1.165) is 59.7 Å². The molecule has 0 unspecified atom stereocenters. The van der Waals surface area contributed by atoms with Gasteiger partial charge in [0.2, 0.25) is 0 Å². The van der Waals surface area contributed by atoms with Crippen molar-refractivity contribution in [2.75, 3.05) is 36.0 Å². The van der Waals surface area contributed by atoms with Crippen molar-refractivity contribution in [2.24, 2.45) is 5.41 Å². The highest BCUT2D eigenvalue weighted by molar-refractivity contribution is 7.71. The summed E-state index contributed by atoms with van der Waals surface area (Å²) in [6, 6.07) is 38.2. The highest BCUT2D eigenvalue weighted by Crippen LogP contribution is 2.44. The van der Waals surface area contributed by atoms with E-state index in [-0.39, 0.29) is 59.5 Å². The Balaban J connectivity index is 0.000000159. The predicted molar refractivity (Wildman–Crippen MR) is 360 cm³/mol. The Kier molecular flexibility index (Phi) is 21.0. The topological polar surface area (TPSA) is 180 Å². The summed E-state index contributed by atoms with van der Waals surface area (Å²) in [4.78, 5) is 88.6. The number of Topliss-reactive ketones (excluding diaryl/α,β-unsaturated/α-hetero) is 6. The lowest BCUT2D eigenvalue weighted by Crippen LogP contribution is -2.32. The van der Waals surface area contributed by atoms with Gasteiger partial charge in [-0.1, -0.05) is 80.2 Å². The van der Waals surface area contributed by atoms with E-state index in [1.54, 1.807) is 138 Å². The quantitative estimate of drug-likeness (QED) is 0.0636. The molecular weight excluding hydrogens is 1160 g/mol. The number of ketones is 6. The Bertz CT molecular complexity index is 4310. The molecule has 0 bridgehead atoms. The molecule has 3 aliphatic carbocycles. The van der Waals surface area contributed by atoms with Gasteiger partial charge in [-0.2, -0.15) is 0 Å². The van der Waals surface area contributed by atoms with Crippen LogP contribution in [0.5, 0.6) is 5.75 Å². The third-order valence-electron chi connectivity index (χ3n) is 15.8. The summed E-state index contributed by atoms with van der Waals surface area (Å²) >= 11 is 5.11. The molecule has 2 aromatic heterocycles. The maximum absolute atomic E-state index is 13.3. The Morgan fingerprint density at radius 2 is 1.00 bits per heavy atom. The van der Waals surface area contributed by atoms with Crippen LogP contribution in [0.3, 0.4) is 0 Å². The zero-order valence-electron chi connectivity index (χ0n) is 52.3. The molecule has 0 saturated carbocycles. The fourth-order valence-electron chi connectivity index (χ4n) is 11.6. The summed E-state index contributed by atoms with van der Waals surface area (Å²) in [5.74, 6) is 4.02. The molecule has 0 atom stereocenters. The van der Waals surface area contributed by atoms with E-state index in [9.17, 15) is 33.6 Å². The van der Waals surface area contributed by atoms with Gasteiger partial charge in [0.15, 0.2) is 44.8 Å². The third kappa shape index (κ3) is 14.5. The molecule has 466 valence electrons. The SMILES string of the molecule is C.CC1=CC(=C2C(=O)c3ccccc3C2=O)C=C(C)O1.CCN(CC)c1ccc2c(C)cc(=S)oc2c1.CCN(CC)c1ccc2c(c1)O/C(=C/C1=CC3(C=C(C)O1)C(=O)c1ccccc1C3=O)C=C2C.Cc1cc(=O)cc(C)o1.O=C1CC(=O)c2ccccc21. The molecule has 91 heavy (non-hydrogen) atoms. The van der Waals surface area contributed by atoms with Crippen LogP contribution in [-0.4, -0.2) is 60.9 Å². The van der Waals surface area contributed by atoms with Crippen LogP contribution in [-0.2, 0) is 9.47 Å². The van der Waals surface area contributed by atoms with Crippen molar-refractivity contribution in [1.29, 1.82) is 0 Å². The largest absolute Gasteiger partial charge is 0.467 e. The Morgan fingerprint density at radius 3 is 1.52 bits per heavy atom. The maximum atomic E-state index is 13.3. The van der Waals surface area contributed by atoms with E-state index in [2.05, 4.69) is 80.8 Å². The van der Waals surface area contributed by atoms with Gasteiger partial charge in [-0.15, -0.1) is 0 Å². The number of hydrogen-bond acceptors (Lipinski definition) is 15. The van der Waals surface area contributed by atoms with Crippen LogP contribution >= 0.6 is 12.2 Å². The van der Waals surface area contributed by atoms with E-state index in [0.29, 0.717) is 84.0 Å². The van der Waals surface area contributed by atoms with Crippen molar-refractivity contribution in [3.05, 3.63) is 275 Å². The molecular formula is C76H74N2O12S. The molecule has 0 radical (unpaired) electrons. The van der Waals surface area contributed by atoms with Crippen LogP contribution in [0.1, 0.15) is 154 Å². The number of anilines is 2. The number of allylic oxidation sites excluding steroid dienone is 12. The molecule has 3 aliphatic heterocycles. The minimum Gasteiger partial charge on any atom is -0.467 e. The summed E-state index contributed by atoms with van der Waals surface area (Å²) in [7, 11) is 0. The average molecular weight is 1240 g/mol. The van der Waals surface area contributed by atoms with Crippen LogP contribution < -0.4 is 20.0 Å². The van der Waals surface area contributed by atoms with Crippen molar-refractivity contribution in [3.63, 3.8) is 0 Å². The summed E-state index contributed by atoms with van der Waals surface area (Å²) in [5, 5.41) is 1.13. The van der Waals surface area contributed by atoms with Gasteiger partial charge < -0.3 is 32.8 Å². The summed E-state index contributed by atoms with van der Waals surface area (Å²) in [6.45, 7) is 25.3. The Morgan fingerprint density at radius 1 is 0.505 bits per heavy atom. The van der Waals surface area contributed by atoms with Crippen molar-refractivity contribution in [3.8, 4) is 5.75 Å². The van der Waals surface area contributed by atoms with E-state index in [4.69, 9.17) is 35.3 Å². The van der Waals surface area contributed by atoms with E-state index in [1.807, 2.05) is 19.1 Å². The fourth-order valence-corrected chi connectivity index (χ4v) is 11.8. The number of fused-ring (bicyclic) bond motifs is 5. The number of nitrogens with zero attached hydrogens (tertiary/aromatic N) is 2. The average Bonchev–Trinajstić information content (AvgIpc) is 1.56. The first-order valence-electron chi connectivity index (χ1n) is 29.8. The standard InChI is InChI=1S/C29H27NO4.C16H12O3.C14H17NOS.C9H6O2.C7H8O2.CH4/c1-5-30(6-2)20-11-12-23-18(3)13-21(34-26(23)14-20)15-22-17-29(16-19(4)33-22)27(31)24-9-7-8-10-25(24)28(29)32;1-9-7-11(8-10(2)19-9)14-15(17)12-5-3-4-6-13(12)16(14)18;1-4-15(5-2)11-6-7-12-10(3)8-14(17)16-13(12)9-11;10-8-5-9(11)7-4-2-1-3-6(7)8;1-5-3-7(8)4-6(2)9-5;/h7-17H,5-6H2,1-4H3;3-8H,1-2H3;6-9H,4-5H2,1-3H3;1-4H,5H2;3-4H,1-2H3;1H4/b21-15+;;;;;. The second-order valence-corrected chi connectivity index (χ2v) is 22.5. The number of carbonyl (C=O) groups excluding carboxylic acids is 6. The first-order valence-corrected chi connectivity index (χ1v) is 30.2. The molecule has 0 N–H and O–H groups in total. The van der Waals surface area contributed by atoms with Gasteiger partial charge in [0.1, 0.15) is 51.3 Å². The number of ether oxygens (including phenoxy) is 3. The number of hydrogen-bond donors (Lipinski definition) is 0. The predicted octanol–water partition coefficient (Wildman–Crippen LogP) is 17.0. The lowest BCUT2D eigenvalue weighted by atomic mass is 9.80. The van der Waals surface area contributed by atoms with Crippen LogP contribution in [0.15, 0.2) is 217 Å². The Labute approximate surface area is 535 Å². The van der Waals surface area contributed by atoms with E-state index in [1.165, 1.54) is 23.4 Å². The third-order valence-corrected chi connectivity index (χ3v) is 16.0. The van der Waals surface area contributed by atoms with E-state index < -0.39 is 5.41 Å². The lowest BCUT2D eigenvalue weighted by molar-refractivity contribution is 0.0789. The van der Waals surface area contributed by atoms with Gasteiger partial charge in [-0.05, 0) is 166 Å². The molecule has 5 aromatic carbocycles. The van der Waals surface area contributed by atoms with Crippen molar-refractivity contribution in [1.82, 2.24) is 0 Å². The van der Waals surface area contributed by atoms with Crippen LogP contribution in [0.4, 0.5) is 11.4 Å². The highest BCUT2D eigenvalue weighted by atomic mass is 32.1. The number of aryl methyl sites for hydroxylation is 3. The lowest BCUT2D eigenvalue weighted by Gasteiger charge is -2.26. The summed E-state index contributed by atoms with van der Waals surface area (Å²) in [6.07, 6.45) is 10.4. The molecule has 7 aromatic rings. The zero-order valence-corrected chi connectivity index (χ0v) is 53.1. The number of rotatable bonds is 7. The van der Waals surface area contributed by atoms with Gasteiger partial charge >= 0.3 is 0 Å². The van der Waals surface area contributed by atoms with Crippen molar-refractivity contribution >= 4 is 74.8 Å². The molecule has 15 heteroatoms. The minimum atomic E-state index is -1.38. The fraction of sp³-hybridized carbons (Fsp3) is 0.237. The molecule has 0 amide bonds. The molecule has 13 rings (SSSR count). The first kappa shape index (κ1) is 66.8. The first-order chi connectivity index (χ1) is 43.1. The minimum absolute atomic E-state index is 0. The second kappa shape index (κ2) is 28.6. The van der Waals surface area contributed by atoms with Gasteiger partial charge in [0.25, 0.3) is 0 Å². The smallest absolute Gasteiger partial charge is 0.198 e. The Hall–Kier alpha value is -10.1. The van der Waals surface area contributed by atoms with Crippen LogP contribution in [0.25, 0.3) is 16.5 Å². The molecule has 0 saturated heterocycles. The van der Waals surface area contributed by atoms with Gasteiger partial charge in [-0.3, -0.25) is 33.6 Å². The number of carbonyl (C=O) groups is 6. The molecule has 14 nitrogen and oxygen atoms in total. The second-order valence-electron chi connectivity index (χ2n) is 22.1. The van der Waals surface area contributed by atoms with Crippen molar-refractivity contribution in [2.45, 2.75) is 90.0 Å². The zero-order chi connectivity index (χ0) is 64.7. The van der Waals surface area contributed by atoms with Crippen molar-refractivity contribution < 1.29 is 51.8 Å². The summed E-state index contributed by atoms with van der Waals surface area (Å²) < 4.78 is 28.8. The molecule has 0 fully saturated rings. The van der Waals surface area contributed by atoms with Gasteiger partial charge in [0, 0.05) is 112 Å². The molecule has 1 spiro atoms. The summed E-state index contributed by atoms with van der Waals surface area (Å²) in [5.41, 5.74) is 8.97. The normalized spacial score (nSPS) is 15.7. The van der Waals surface area contributed by atoms with Gasteiger partial charge in [-0.25, -0.2) is 0 Å². The van der Waals surface area contributed by atoms with E-state index >= 15 is 0 Å². The van der Waals surface area contributed by atoms with Crippen LogP contribution in [0.2, 0.25) is 0 Å². The molecule has 6 aliphatic rings.